The van der Waals surface area contributed by atoms with Crippen LogP contribution in [0, 0.1) is 17.3 Å². The Balaban J connectivity index is 1.45. The lowest BCUT2D eigenvalue weighted by molar-refractivity contribution is -0.0459. The molecule has 1 N–H and O–H groups in total. The van der Waals surface area contributed by atoms with Crippen molar-refractivity contribution in [3.63, 3.8) is 0 Å². The van der Waals surface area contributed by atoms with Crippen molar-refractivity contribution in [1.29, 1.82) is 0 Å². The van der Waals surface area contributed by atoms with E-state index in [1.165, 1.54) is 51.9 Å². The van der Waals surface area contributed by atoms with E-state index < -0.39 is 0 Å². The summed E-state index contributed by atoms with van der Waals surface area (Å²) in [6.45, 7) is 5.40. The van der Waals surface area contributed by atoms with E-state index in [0.717, 1.165) is 23.3 Å². The normalized spacial score (nSPS) is 44.8. The lowest BCUT2D eigenvalue weighted by Gasteiger charge is -2.56. The minimum absolute atomic E-state index is 0.782. The smallest absolute Gasteiger partial charge is 0.0152 e. The Bertz CT molecular complexity index is 283. The first-order valence-corrected chi connectivity index (χ1v) is 7.82. The zero-order chi connectivity index (χ0) is 11.3. The van der Waals surface area contributed by atoms with E-state index >= 15 is 0 Å². The summed E-state index contributed by atoms with van der Waals surface area (Å²) >= 11 is 0. The Morgan fingerprint density at radius 1 is 0.882 bits per heavy atom. The number of hydrogen-bond acceptors (Lipinski definition) is 2. The molecule has 3 atom stereocenters. The Labute approximate surface area is 105 Å². The number of fused-ring (bicyclic) bond motifs is 1. The standard InChI is InChI=1S/C15H26N2/c1-2-5-15(6-3-1)7-4-14(15)17-10-12-8-16-9-13(12)11-17/h12-14,16H,1-11H2/t12-,13+,14?. The molecule has 0 aromatic heterocycles. The van der Waals surface area contributed by atoms with Gasteiger partial charge in [-0.1, -0.05) is 19.3 Å². The Hall–Kier alpha value is -0.0800. The summed E-state index contributed by atoms with van der Waals surface area (Å²) in [5.74, 6) is 1.97. The largest absolute Gasteiger partial charge is 0.316 e. The molecule has 0 aromatic carbocycles. The van der Waals surface area contributed by atoms with Crippen LogP contribution in [0.5, 0.6) is 0 Å². The maximum atomic E-state index is 3.56. The first kappa shape index (κ1) is 10.8. The Morgan fingerprint density at radius 2 is 1.59 bits per heavy atom. The molecule has 2 saturated heterocycles. The van der Waals surface area contributed by atoms with Crippen LogP contribution in [-0.4, -0.2) is 37.1 Å². The van der Waals surface area contributed by atoms with Gasteiger partial charge in [0, 0.05) is 19.1 Å². The third-order valence-corrected chi connectivity index (χ3v) is 6.33. The molecule has 1 spiro atoms. The topological polar surface area (TPSA) is 15.3 Å². The summed E-state index contributed by atoms with van der Waals surface area (Å²) in [6, 6.07) is 0.980. The maximum Gasteiger partial charge on any atom is 0.0152 e. The van der Waals surface area contributed by atoms with Crippen LogP contribution in [0.4, 0.5) is 0 Å². The molecule has 2 saturated carbocycles. The minimum Gasteiger partial charge on any atom is -0.316 e. The summed E-state index contributed by atoms with van der Waals surface area (Å²) in [7, 11) is 0. The Kier molecular flexibility index (Phi) is 2.52. The van der Waals surface area contributed by atoms with Gasteiger partial charge in [-0.3, -0.25) is 4.90 Å². The first-order valence-electron chi connectivity index (χ1n) is 7.82. The van der Waals surface area contributed by atoms with Crippen LogP contribution in [0.1, 0.15) is 44.9 Å². The van der Waals surface area contributed by atoms with Crippen molar-refractivity contribution < 1.29 is 0 Å². The highest BCUT2D eigenvalue weighted by Crippen LogP contribution is 2.54. The van der Waals surface area contributed by atoms with Gasteiger partial charge in [-0.15, -0.1) is 0 Å². The molecule has 0 bridgehead atoms. The lowest BCUT2D eigenvalue weighted by Crippen LogP contribution is -2.55. The number of hydrogen-bond donors (Lipinski definition) is 1. The molecule has 2 aliphatic carbocycles. The van der Waals surface area contributed by atoms with E-state index in [0.29, 0.717) is 0 Å². The summed E-state index contributed by atoms with van der Waals surface area (Å²) in [5, 5.41) is 3.56. The van der Waals surface area contributed by atoms with Crippen molar-refractivity contribution >= 4 is 0 Å². The van der Waals surface area contributed by atoms with Crippen LogP contribution in [0.25, 0.3) is 0 Å². The summed E-state index contributed by atoms with van der Waals surface area (Å²) in [5.41, 5.74) is 0.782. The van der Waals surface area contributed by atoms with Gasteiger partial charge in [0.2, 0.25) is 0 Å². The fourth-order valence-corrected chi connectivity index (χ4v) is 5.24. The third kappa shape index (κ3) is 1.60. The van der Waals surface area contributed by atoms with Crippen LogP contribution in [-0.2, 0) is 0 Å². The summed E-state index contributed by atoms with van der Waals surface area (Å²) < 4.78 is 0. The lowest BCUT2D eigenvalue weighted by atomic mass is 9.57. The van der Waals surface area contributed by atoms with Gasteiger partial charge in [0.25, 0.3) is 0 Å². The zero-order valence-electron chi connectivity index (χ0n) is 11.0. The molecule has 0 amide bonds. The number of nitrogens with zero attached hydrogens (tertiary/aromatic N) is 1. The monoisotopic (exact) mass is 234 g/mol. The van der Waals surface area contributed by atoms with Gasteiger partial charge in [-0.25, -0.2) is 0 Å². The average molecular weight is 234 g/mol. The molecule has 2 aliphatic heterocycles. The van der Waals surface area contributed by atoms with E-state index in [1.807, 2.05) is 0 Å². The molecule has 2 nitrogen and oxygen atoms in total. The van der Waals surface area contributed by atoms with Crippen molar-refractivity contribution in [3.05, 3.63) is 0 Å². The van der Waals surface area contributed by atoms with E-state index in [1.54, 1.807) is 19.3 Å². The fraction of sp³-hybridized carbons (Fsp3) is 1.00. The van der Waals surface area contributed by atoms with Crippen LogP contribution in [0.15, 0.2) is 0 Å². The van der Waals surface area contributed by atoms with Gasteiger partial charge in [0.05, 0.1) is 0 Å². The van der Waals surface area contributed by atoms with E-state index in [4.69, 9.17) is 0 Å². The highest BCUT2D eigenvalue weighted by Gasteiger charge is 2.52. The van der Waals surface area contributed by atoms with Crippen LogP contribution < -0.4 is 5.32 Å². The molecular weight excluding hydrogens is 208 g/mol. The molecule has 4 aliphatic rings. The second-order valence-electron chi connectivity index (χ2n) is 7.11. The van der Waals surface area contributed by atoms with Gasteiger partial charge in [-0.2, -0.15) is 0 Å². The van der Waals surface area contributed by atoms with Crippen molar-refractivity contribution in [3.8, 4) is 0 Å². The quantitative estimate of drug-likeness (QED) is 0.748. The van der Waals surface area contributed by atoms with Gasteiger partial charge >= 0.3 is 0 Å². The molecule has 2 heterocycles. The third-order valence-electron chi connectivity index (χ3n) is 6.33. The van der Waals surface area contributed by atoms with Crippen LogP contribution in [0.3, 0.4) is 0 Å². The molecular formula is C15H26N2. The molecule has 17 heavy (non-hydrogen) atoms. The fourth-order valence-electron chi connectivity index (χ4n) is 5.24. The number of rotatable bonds is 1. The van der Waals surface area contributed by atoms with Gasteiger partial charge < -0.3 is 5.32 Å². The van der Waals surface area contributed by atoms with Gasteiger partial charge in [0.15, 0.2) is 0 Å². The van der Waals surface area contributed by atoms with E-state index in [9.17, 15) is 0 Å². The second kappa shape index (κ2) is 3.96. The predicted octanol–water partition coefficient (Wildman–Crippen LogP) is 2.25. The second-order valence-corrected chi connectivity index (χ2v) is 7.11. The first-order chi connectivity index (χ1) is 8.37. The predicted molar refractivity (Wildman–Crippen MR) is 70.0 cm³/mol. The van der Waals surface area contributed by atoms with E-state index in [-0.39, 0.29) is 0 Å². The number of likely N-dealkylation sites (tertiary alicyclic amines) is 1. The van der Waals surface area contributed by atoms with Gasteiger partial charge in [0.1, 0.15) is 0 Å². The highest BCUT2D eigenvalue weighted by atomic mass is 15.2. The Morgan fingerprint density at radius 3 is 2.18 bits per heavy atom. The maximum absolute atomic E-state index is 3.56. The SMILES string of the molecule is C1CCC2(CC1)CCC2N1C[C@H]2CNC[C@H]2C1. The zero-order valence-corrected chi connectivity index (χ0v) is 11.0. The molecule has 4 fully saturated rings. The van der Waals surface area contributed by atoms with Crippen molar-refractivity contribution in [2.75, 3.05) is 26.2 Å². The molecule has 0 radical (unpaired) electrons. The summed E-state index contributed by atoms with van der Waals surface area (Å²) in [6.07, 6.45) is 10.7. The van der Waals surface area contributed by atoms with Crippen LogP contribution in [0.2, 0.25) is 0 Å². The highest BCUT2D eigenvalue weighted by molar-refractivity contribution is 5.06. The van der Waals surface area contributed by atoms with Crippen molar-refractivity contribution in [2.45, 2.75) is 51.0 Å². The molecule has 0 aromatic rings. The van der Waals surface area contributed by atoms with Crippen molar-refractivity contribution in [1.82, 2.24) is 10.2 Å². The molecule has 1 unspecified atom stereocenters. The molecule has 96 valence electrons. The van der Waals surface area contributed by atoms with Crippen molar-refractivity contribution in [2.24, 2.45) is 17.3 Å². The molecule has 4 rings (SSSR count). The average Bonchev–Trinajstić information content (AvgIpc) is 2.89. The van der Waals surface area contributed by atoms with Gasteiger partial charge in [-0.05, 0) is 56.0 Å². The van der Waals surface area contributed by atoms with Crippen LogP contribution >= 0.6 is 0 Å². The number of nitrogens with one attached hydrogen (secondary N) is 1. The van der Waals surface area contributed by atoms with E-state index in [2.05, 4.69) is 10.2 Å². The summed E-state index contributed by atoms with van der Waals surface area (Å²) in [4.78, 5) is 2.89. The minimum atomic E-state index is 0.782. The molecule has 2 heteroatoms.